The summed E-state index contributed by atoms with van der Waals surface area (Å²) in [5, 5.41) is 15.5. The van der Waals surface area contributed by atoms with Gasteiger partial charge in [-0.1, -0.05) is 0 Å². The molecule has 0 saturated heterocycles. The zero-order chi connectivity index (χ0) is 14.9. The molecule has 1 aliphatic heterocycles. The number of fused-ring (bicyclic) bond motifs is 1. The van der Waals surface area contributed by atoms with Crippen LogP contribution < -0.4 is 5.32 Å². The average molecular weight is 331 g/mol. The van der Waals surface area contributed by atoms with E-state index in [1.54, 1.807) is 22.7 Å². The Balaban J connectivity index is 1.37. The molecular formula is C15H17N5S2. The molecule has 1 aliphatic rings. The van der Waals surface area contributed by atoms with E-state index < -0.39 is 0 Å². The van der Waals surface area contributed by atoms with Crippen molar-refractivity contribution < 1.29 is 0 Å². The SMILES string of the molecule is Cc1nc2n(n1)C[C@@H](NCc1csc(-c3ccsc3)n1)CC2. The van der Waals surface area contributed by atoms with Crippen LogP contribution in [0.15, 0.2) is 22.2 Å². The van der Waals surface area contributed by atoms with Gasteiger partial charge in [0.05, 0.1) is 12.2 Å². The van der Waals surface area contributed by atoms with Gasteiger partial charge in [-0.3, -0.25) is 0 Å². The molecule has 4 heterocycles. The highest BCUT2D eigenvalue weighted by atomic mass is 32.1. The van der Waals surface area contributed by atoms with E-state index in [2.05, 4.69) is 37.6 Å². The Morgan fingerprint density at radius 2 is 2.32 bits per heavy atom. The number of rotatable bonds is 4. The topological polar surface area (TPSA) is 55.6 Å². The first kappa shape index (κ1) is 14.0. The first-order chi connectivity index (χ1) is 10.8. The van der Waals surface area contributed by atoms with Crippen LogP contribution >= 0.6 is 22.7 Å². The Bertz CT molecular complexity index is 759. The average Bonchev–Trinajstić information content (AvgIpc) is 3.23. The molecule has 1 atom stereocenters. The molecule has 0 amide bonds. The lowest BCUT2D eigenvalue weighted by molar-refractivity contribution is 0.356. The lowest BCUT2D eigenvalue weighted by Gasteiger charge is -2.23. The van der Waals surface area contributed by atoms with Crippen LogP contribution in [0.1, 0.15) is 23.8 Å². The predicted octanol–water partition coefficient (Wildman–Crippen LogP) is 2.88. The summed E-state index contributed by atoms with van der Waals surface area (Å²) in [5.41, 5.74) is 2.34. The van der Waals surface area contributed by atoms with Crippen LogP contribution in [0.5, 0.6) is 0 Å². The maximum Gasteiger partial charge on any atom is 0.147 e. The van der Waals surface area contributed by atoms with Gasteiger partial charge in [-0.25, -0.2) is 14.6 Å². The zero-order valence-corrected chi connectivity index (χ0v) is 14.0. The van der Waals surface area contributed by atoms with E-state index in [1.165, 1.54) is 5.56 Å². The van der Waals surface area contributed by atoms with E-state index in [9.17, 15) is 0 Å². The lowest BCUT2D eigenvalue weighted by atomic mass is 10.1. The van der Waals surface area contributed by atoms with Crippen molar-refractivity contribution in [2.24, 2.45) is 0 Å². The number of hydrogen-bond donors (Lipinski definition) is 1. The molecule has 7 heteroatoms. The third-order valence-electron chi connectivity index (χ3n) is 3.86. The molecule has 3 aromatic rings. The maximum absolute atomic E-state index is 4.71. The summed E-state index contributed by atoms with van der Waals surface area (Å²) >= 11 is 3.42. The summed E-state index contributed by atoms with van der Waals surface area (Å²) in [7, 11) is 0. The van der Waals surface area contributed by atoms with Gasteiger partial charge < -0.3 is 5.32 Å². The molecule has 5 nitrogen and oxygen atoms in total. The van der Waals surface area contributed by atoms with Gasteiger partial charge in [0.15, 0.2) is 0 Å². The fourth-order valence-electron chi connectivity index (χ4n) is 2.76. The van der Waals surface area contributed by atoms with Gasteiger partial charge in [-0.05, 0) is 24.8 Å². The number of thiazole rings is 1. The molecule has 1 N–H and O–H groups in total. The van der Waals surface area contributed by atoms with E-state index >= 15 is 0 Å². The Kier molecular flexibility index (Phi) is 3.77. The first-order valence-electron chi connectivity index (χ1n) is 7.38. The summed E-state index contributed by atoms with van der Waals surface area (Å²) in [6.07, 6.45) is 2.11. The standard InChI is InChI=1S/C15H17N5S2/c1-10-17-14-3-2-12(7-20(14)19-10)16-6-13-9-22-15(18-13)11-4-5-21-8-11/h4-5,8-9,12,16H,2-3,6-7H2,1H3/t12-/m0/s1. The van der Waals surface area contributed by atoms with Gasteiger partial charge >= 0.3 is 0 Å². The Hall–Kier alpha value is -1.57. The van der Waals surface area contributed by atoms with Gasteiger partial charge in [0, 0.05) is 35.3 Å². The molecule has 0 radical (unpaired) electrons. The number of nitrogens with one attached hydrogen (secondary N) is 1. The lowest BCUT2D eigenvalue weighted by Crippen LogP contribution is -2.37. The molecule has 0 unspecified atom stereocenters. The van der Waals surface area contributed by atoms with Crippen LogP contribution in [-0.2, 0) is 19.5 Å². The quantitative estimate of drug-likeness (QED) is 0.799. The van der Waals surface area contributed by atoms with Crippen LogP contribution in [0.3, 0.4) is 0 Å². The van der Waals surface area contributed by atoms with Gasteiger partial charge in [0.2, 0.25) is 0 Å². The zero-order valence-electron chi connectivity index (χ0n) is 12.3. The third kappa shape index (κ3) is 2.84. The van der Waals surface area contributed by atoms with E-state index in [4.69, 9.17) is 4.98 Å². The van der Waals surface area contributed by atoms with Crippen LogP contribution in [-0.4, -0.2) is 25.8 Å². The van der Waals surface area contributed by atoms with Crippen molar-refractivity contribution in [2.75, 3.05) is 0 Å². The molecule has 0 fully saturated rings. The molecule has 0 aliphatic carbocycles. The van der Waals surface area contributed by atoms with E-state index in [1.807, 2.05) is 11.6 Å². The summed E-state index contributed by atoms with van der Waals surface area (Å²) in [5.74, 6) is 1.99. The molecule has 4 rings (SSSR count). The molecule has 0 saturated carbocycles. The molecule has 114 valence electrons. The van der Waals surface area contributed by atoms with Crippen LogP contribution in [0.2, 0.25) is 0 Å². The van der Waals surface area contributed by atoms with Crippen molar-refractivity contribution in [2.45, 2.75) is 38.9 Å². The van der Waals surface area contributed by atoms with E-state index in [0.717, 1.165) is 48.3 Å². The highest BCUT2D eigenvalue weighted by Gasteiger charge is 2.20. The summed E-state index contributed by atoms with van der Waals surface area (Å²) in [4.78, 5) is 9.16. The van der Waals surface area contributed by atoms with Gasteiger partial charge in [0.25, 0.3) is 0 Å². The minimum Gasteiger partial charge on any atom is -0.306 e. The minimum atomic E-state index is 0.444. The Morgan fingerprint density at radius 1 is 1.36 bits per heavy atom. The third-order valence-corrected chi connectivity index (χ3v) is 5.48. The maximum atomic E-state index is 4.71. The largest absolute Gasteiger partial charge is 0.306 e. The van der Waals surface area contributed by atoms with Crippen LogP contribution in [0, 0.1) is 6.92 Å². The van der Waals surface area contributed by atoms with Gasteiger partial charge in [-0.15, -0.1) is 11.3 Å². The van der Waals surface area contributed by atoms with E-state index in [-0.39, 0.29) is 0 Å². The smallest absolute Gasteiger partial charge is 0.147 e. The fourth-order valence-corrected chi connectivity index (χ4v) is 4.29. The monoisotopic (exact) mass is 331 g/mol. The van der Waals surface area contributed by atoms with Crippen molar-refractivity contribution in [1.82, 2.24) is 25.1 Å². The second-order valence-corrected chi connectivity index (χ2v) is 7.17. The second kappa shape index (κ2) is 5.91. The molecule has 22 heavy (non-hydrogen) atoms. The highest BCUT2D eigenvalue weighted by molar-refractivity contribution is 7.14. The highest BCUT2D eigenvalue weighted by Crippen LogP contribution is 2.25. The Morgan fingerprint density at radius 3 is 3.18 bits per heavy atom. The number of thiophene rings is 1. The molecule has 0 spiro atoms. The van der Waals surface area contributed by atoms with Crippen molar-refractivity contribution >= 4 is 22.7 Å². The second-order valence-electron chi connectivity index (χ2n) is 5.53. The summed E-state index contributed by atoms with van der Waals surface area (Å²) < 4.78 is 2.04. The number of hydrogen-bond acceptors (Lipinski definition) is 6. The van der Waals surface area contributed by atoms with Crippen molar-refractivity contribution in [3.8, 4) is 10.6 Å². The van der Waals surface area contributed by atoms with Crippen LogP contribution in [0.25, 0.3) is 10.6 Å². The Labute approximate surface area is 137 Å². The molecule has 3 aromatic heterocycles. The van der Waals surface area contributed by atoms with E-state index in [0.29, 0.717) is 6.04 Å². The number of nitrogens with zero attached hydrogens (tertiary/aromatic N) is 4. The minimum absolute atomic E-state index is 0.444. The van der Waals surface area contributed by atoms with Crippen molar-refractivity contribution in [3.63, 3.8) is 0 Å². The van der Waals surface area contributed by atoms with Crippen LogP contribution in [0.4, 0.5) is 0 Å². The van der Waals surface area contributed by atoms with Gasteiger partial charge in [-0.2, -0.15) is 16.4 Å². The first-order valence-corrected chi connectivity index (χ1v) is 9.21. The molecular weight excluding hydrogens is 314 g/mol. The van der Waals surface area contributed by atoms with Gasteiger partial charge in [0.1, 0.15) is 16.7 Å². The number of aromatic nitrogens is 4. The summed E-state index contributed by atoms with van der Waals surface area (Å²) in [6.45, 7) is 3.67. The number of aryl methyl sites for hydroxylation is 2. The van der Waals surface area contributed by atoms with Crippen molar-refractivity contribution in [1.29, 1.82) is 0 Å². The predicted molar refractivity (Wildman–Crippen MR) is 89.1 cm³/mol. The normalized spacial score (nSPS) is 17.6. The fraction of sp³-hybridized carbons (Fsp3) is 0.400. The molecule has 0 aromatic carbocycles. The molecule has 0 bridgehead atoms. The summed E-state index contributed by atoms with van der Waals surface area (Å²) in [6, 6.07) is 2.57. The van der Waals surface area contributed by atoms with Crippen molar-refractivity contribution in [3.05, 3.63) is 39.5 Å².